The molecule has 3 saturated heterocycles. The Morgan fingerprint density at radius 2 is 2.22 bits per heavy atom. The summed E-state index contributed by atoms with van der Waals surface area (Å²) < 4.78 is 0. The zero-order chi connectivity index (χ0) is 12.5. The molecule has 4 rings (SSSR count). The Bertz CT molecular complexity index is 460. The van der Waals surface area contributed by atoms with Gasteiger partial charge < -0.3 is 0 Å². The molecule has 4 heteroatoms. The molecule has 96 valence electrons. The van der Waals surface area contributed by atoms with E-state index in [0.717, 1.165) is 25.2 Å². The molecule has 4 heterocycles. The van der Waals surface area contributed by atoms with Gasteiger partial charge in [0.1, 0.15) is 0 Å². The van der Waals surface area contributed by atoms with Crippen molar-refractivity contribution in [2.75, 3.05) is 19.6 Å². The summed E-state index contributed by atoms with van der Waals surface area (Å²) in [6.45, 7) is 6.83. The third-order valence-corrected chi connectivity index (χ3v) is 4.95. The minimum atomic E-state index is 0.0605. The van der Waals surface area contributed by atoms with Crippen LogP contribution in [0.3, 0.4) is 0 Å². The molecule has 3 nitrogen and oxygen atoms in total. The Kier molecular flexibility index (Phi) is 3.33. The van der Waals surface area contributed by atoms with Crippen LogP contribution in [0.15, 0.2) is 23.4 Å². The number of piperidine rings is 1. The molecule has 3 fully saturated rings. The second-order valence-corrected chi connectivity index (χ2v) is 5.85. The van der Waals surface area contributed by atoms with E-state index in [0.29, 0.717) is 11.8 Å². The largest absolute Gasteiger partial charge is 0.289 e. The first-order valence-corrected chi connectivity index (χ1v) is 7.45. The second-order valence-electron chi connectivity index (χ2n) is 5.10. The van der Waals surface area contributed by atoms with Gasteiger partial charge in [-0.2, -0.15) is 11.3 Å². The van der Waals surface area contributed by atoms with E-state index >= 15 is 0 Å². The second kappa shape index (κ2) is 4.96. The molecular formula is C14H18N2OS. The number of ketones is 1. The molecule has 0 aliphatic carbocycles. The maximum Gasteiger partial charge on any atom is 0.186 e. The van der Waals surface area contributed by atoms with Crippen molar-refractivity contribution < 1.29 is 4.79 Å². The third-order valence-electron chi connectivity index (χ3n) is 4.19. The van der Waals surface area contributed by atoms with Crippen molar-refractivity contribution in [1.82, 2.24) is 10.4 Å². The topological polar surface area (TPSA) is 32.3 Å². The van der Waals surface area contributed by atoms with E-state index in [-0.39, 0.29) is 5.78 Å². The molecular weight excluding hydrogens is 244 g/mol. The molecule has 0 amide bonds. The summed E-state index contributed by atoms with van der Waals surface area (Å²) >= 11 is 1.63. The van der Waals surface area contributed by atoms with Crippen molar-refractivity contribution in [2.45, 2.75) is 18.8 Å². The molecule has 0 spiro atoms. The first-order chi connectivity index (χ1) is 8.79. The van der Waals surface area contributed by atoms with Crippen molar-refractivity contribution in [3.8, 4) is 0 Å². The lowest BCUT2D eigenvalue weighted by Gasteiger charge is -2.28. The number of nitrogens with zero attached hydrogens (tertiary/aromatic N) is 1. The van der Waals surface area contributed by atoms with Crippen molar-refractivity contribution in [3.63, 3.8) is 0 Å². The van der Waals surface area contributed by atoms with Crippen LogP contribution in [-0.4, -0.2) is 30.4 Å². The predicted molar refractivity (Wildman–Crippen MR) is 73.9 cm³/mol. The fraction of sp³-hybridized carbons (Fsp3) is 0.500. The van der Waals surface area contributed by atoms with E-state index in [1.54, 1.807) is 11.3 Å². The molecule has 3 aliphatic rings. The highest BCUT2D eigenvalue weighted by Crippen LogP contribution is 2.37. The molecule has 1 aromatic heterocycles. The van der Waals surface area contributed by atoms with Crippen molar-refractivity contribution in [1.29, 1.82) is 0 Å². The van der Waals surface area contributed by atoms with Crippen LogP contribution < -0.4 is 5.43 Å². The Morgan fingerprint density at radius 3 is 2.94 bits per heavy atom. The number of fused-ring (bicyclic) bond motifs is 4. The summed E-state index contributed by atoms with van der Waals surface area (Å²) in [4.78, 5) is 11.9. The molecule has 0 radical (unpaired) electrons. The number of hydrazine groups is 1. The molecule has 18 heavy (non-hydrogen) atoms. The number of hydrogen-bond donors (Lipinski definition) is 1. The zero-order valence-corrected chi connectivity index (χ0v) is 11.2. The van der Waals surface area contributed by atoms with E-state index in [2.05, 4.69) is 22.4 Å². The van der Waals surface area contributed by atoms with E-state index in [1.807, 2.05) is 5.38 Å². The van der Waals surface area contributed by atoms with E-state index in [9.17, 15) is 4.79 Å². The van der Waals surface area contributed by atoms with Crippen LogP contribution >= 0.6 is 11.3 Å². The Labute approximate surface area is 111 Å². The first-order valence-electron chi connectivity index (χ1n) is 6.51. The number of carbonyl (C=O) groups is 1. The minimum absolute atomic E-state index is 0.0605. The Balaban J connectivity index is 1.92. The van der Waals surface area contributed by atoms with Gasteiger partial charge in [0, 0.05) is 36.5 Å². The fourth-order valence-corrected chi connectivity index (χ4v) is 4.03. The third kappa shape index (κ3) is 2.05. The number of allylic oxidation sites excluding steroid dienone is 1. The van der Waals surface area contributed by atoms with Gasteiger partial charge in [0.2, 0.25) is 0 Å². The van der Waals surface area contributed by atoms with Gasteiger partial charge in [-0.15, -0.1) is 0 Å². The van der Waals surface area contributed by atoms with Crippen LogP contribution in [0.5, 0.6) is 0 Å². The number of nitrogens with one attached hydrogen (secondary N) is 1. The predicted octanol–water partition coefficient (Wildman–Crippen LogP) is 2.43. The van der Waals surface area contributed by atoms with E-state index in [1.165, 1.54) is 24.5 Å². The highest BCUT2D eigenvalue weighted by molar-refractivity contribution is 7.08. The van der Waals surface area contributed by atoms with Crippen LogP contribution in [0.1, 0.15) is 34.7 Å². The monoisotopic (exact) mass is 262 g/mol. The highest BCUT2D eigenvalue weighted by Gasteiger charge is 2.33. The Hall–Kier alpha value is -0.970. The molecule has 1 N–H and O–H groups in total. The summed E-state index contributed by atoms with van der Waals surface area (Å²) in [5.41, 5.74) is 5.59. The van der Waals surface area contributed by atoms with E-state index < -0.39 is 0 Å². The normalized spacial score (nSPS) is 31.0. The van der Waals surface area contributed by atoms with Gasteiger partial charge in [-0.05, 0) is 35.8 Å². The molecule has 0 saturated carbocycles. The van der Waals surface area contributed by atoms with Crippen LogP contribution in [0.4, 0.5) is 0 Å². The zero-order valence-electron chi connectivity index (χ0n) is 10.4. The van der Waals surface area contributed by atoms with Gasteiger partial charge in [0.25, 0.3) is 0 Å². The van der Waals surface area contributed by atoms with Gasteiger partial charge in [0.15, 0.2) is 5.78 Å². The lowest BCUT2D eigenvalue weighted by molar-refractivity contribution is 0.104. The SMILES string of the molecule is C=CC(=O)c1cscc1C1CNN2CCC1CC2. The first kappa shape index (κ1) is 12.1. The quantitative estimate of drug-likeness (QED) is 0.671. The van der Waals surface area contributed by atoms with Gasteiger partial charge >= 0.3 is 0 Å². The van der Waals surface area contributed by atoms with Gasteiger partial charge in [0.05, 0.1) is 0 Å². The standard InChI is InChI=1S/C14H18N2OS/c1-2-14(17)13-9-18-8-12(13)11-7-15-16-5-3-10(11)4-6-16/h2,8-11,15H,1,3-7H2. The van der Waals surface area contributed by atoms with Crippen molar-refractivity contribution in [3.05, 3.63) is 34.5 Å². The summed E-state index contributed by atoms with van der Waals surface area (Å²) in [5, 5.41) is 6.44. The van der Waals surface area contributed by atoms with Crippen molar-refractivity contribution in [2.24, 2.45) is 5.92 Å². The average Bonchev–Trinajstić information content (AvgIpc) is 2.71. The number of hydrogen-bond acceptors (Lipinski definition) is 4. The van der Waals surface area contributed by atoms with Crippen LogP contribution in [0.25, 0.3) is 0 Å². The maximum absolute atomic E-state index is 11.9. The minimum Gasteiger partial charge on any atom is -0.289 e. The molecule has 1 atom stereocenters. The Morgan fingerprint density at radius 1 is 1.44 bits per heavy atom. The molecule has 1 unspecified atom stereocenters. The fourth-order valence-electron chi connectivity index (χ4n) is 3.12. The van der Waals surface area contributed by atoms with Crippen molar-refractivity contribution >= 4 is 17.1 Å². The summed E-state index contributed by atoms with van der Waals surface area (Å²) in [5.74, 6) is 1.25. The number of carbonyl (C=O) groups excluding carboxylic acids is 1. The average molecular weight is 262 g/mol. The van der Waals surface area contributed by atoms with Gasteiger partial charge in [-0.25, -0.2) is 5.01 Å². The number of rotatable bonds is 3. The molecule has 1 aromatic rings. The van der Waals surface area contributed by atoms with Crippen LogP contribution in [-0.2, 0) is 0 Å². The van der Waals surface area contributed by atoms with Gasteiger partial charge in [-0.3, -0.25) is 10.2 Å². The van der Waals surface area contributed by atoms with Crippen LogP contribution in [0.2, 0.25) is 0 Å². The summed E-state index contributed by atoms with van der Waals surface area (Å²) in [6.07, 6.45) is 3.89. The summed E-state index contributed by atoms with van der Waals surface area (Å²) in [7, 11) is 0. The number of thiophene rings is 1. The smallest absolute Gasteiger partial charge is 0.186 e. The summed E-state index contributed by atoms with van der Waals surface area (Å²) in [6, 6.07) is 0. The maximum atomic E-state index is 11.9. The van der Waals surface area contributed by atoms with Crippen LogP contribution in [0, 0.1) is 5.92 Å². The van der Waals surface area contributed by atoms with Gasteiger partial charge in [-0.1, -0.05) is 6.58 Å². The molecule has 3 aliphatic heterocycles. The lowest BCUT2D eigenvalue weighted by atomic mass is 9.80. The molecule has 0 aromatic carbocycles. The highest BCUT2D eigenvalue weighted by atomic mass is 32.1. The van der Waals surface area contributed by atoms with E-state index in [4.69, 9.17) is 0 Å². The lowest BCUT2D eigenvalue weighted by Crippen LogP contribution is -2.39. The molecule has 2 bridgehead atoms.